The summed E-state index contributed by atoms with van der Waals surface area (Å²) in [5.74, 6) is 0. The van der Waals surface area contributed by atoms with E-state index >= 15 is 0 Å². The standard InChI is InChI=1S/C12H21N3O3S/c1-10(9-18-4)15(3)19(16,17)12-6-5-11(7-13-2)8-14-12/h5-6,8,10,13H,7,9H2,1-4H3. The first-order valence-electron chi connectivity index (χ1n) is 6.00. The third-order valence-electron chi connectivity index (χ3n) is 2.85. The lowest BCUT2D eigenvalue weighted by Gasteiger charge is -2.23. The van der Waals surface area contributed by atoms with E-state index in [2.05, 4.69) is 10.3 Å². The van der Waals surface area contributed by atoms with Gasteiger partial charge in [0.2, 0.25) is 0 Å². The van der Waals surface area contributed by atoms with Gasteiger partial charge in [-0.2, -0.15) is 4.31 Å². The Balaban J connectivity index is 2.93. The molecule has 7 heteroatoms. The van der Waals surface area contributed by atoms with E-state index in [0.717, 1.165) is 5.56 Å². The van der Waals surface area contributed by atoms with Gasteiger partial charge in [0.1, 0.15) is 0 Å². The largest absolute Gasteiger partial charge is 0.383 e. The smallest absolute Gasteiger partial charge is 0.260 e. The Morgan fingerprint density at radius 3 is 2.63 bits per heavy atom. The maximum absolute atomic E-state index is 12.3. The molecule has 108 valence electrons. The molecular formula is C12H21N3O3S. The molecule has 0 aliphatic rings. The lowest BCUT2D eigenvalue weighted by Crippen LogP contribution is -2.38. The Labute approximate surface area is 114 Å². The fourth-order valence-corrected chi connectivity index (χ4v) is 2.86. The van der Waals surface area contributed by atoms with Gasteiger partial charge in [-0.25, -0.2) is 13.4 Å². The molecule has 0 spiro atoms. The monoisotopic (exact) mass is 287 g/mol. The summed E-state index contributed by atoms with van der Waals surface area (Å²) in [4.78, 5) is 4.02. The van der Waals surface area contributed by atoms with Gasteiger partial charge < -0.3 is 10.1 Å². The van der Waals surface area contributed by atoms with Crippen molar-refractivity contribution in [1.29, 1.82) is 0 Å². The van der Waals surface area contributed by atoms with Gasteiger partial charge in [0.15, 0.2) is 5.03 Å². The van der Waals surface area contributed by atoms with E-state index in [9.17, 15) is 8.42 Å². The molecule has 1 rings (SSSR count). The Morgan fingerprint density at radius 1 is 1.47 bits per heavy atom. The molecule has 0 saturated carbocycles. The summed E-state index contributed by atoms with van der Waals surface area (Å²) < 4.78 is 30.9. The van der Waals surface area contributed by atoms with E-state index in [1.165, 1.54) is 17.4 Å². The number of hydrogen-bond donors (Lipinski definition) is 1. The van der Waals surface area contributed by atoms with Crippen molar-refractivity contribution in [3.63, 3.8) is 0 Å². The molecule has 0 saturated heterocycles. The van der Waals surface area contributed by atoms with E-state index in [-0.39, 0.29) is 11.1 Å². The van der Waals surface area contributed by atoms with Gasteiger partial charge in [0.25, 0.3) is 10.0 Å². The van der Waals surface area contributed by atoms with Crippen molar-refractivity contribution in [3.8, 4) is 0 Å². The summed E-state index contributed by atoms with van der Waals surface area (Å²) in [6.45, 7) is 2.78. The average Bonchev–Trinajstić information content (AvgIpc) is 2.39. The fraction of sp³-hybridized carbons (Fsp3) is 0.583. The number of pyridine rings is 1. The molecule has 1 atom stereocenters. The average molecular weight is 287 g/mol. The zero-order valence-electron chi connectivity index (χ0n) is 11.8. The normalized spacial score (nSPS) is 13.7. The number of methoxy groups -OCH3 is 1. The van der Waals surface area contributed by atoms with Gasteiger partial charge in [-0.1, -0.05) is 6.07 Å². The second-order valence-electron chi connectivity index (χ2n) is 4.36. The lowest BCUT2D eigenvalue weighted by molar-refractivity contribution is 0.149. The number of sulfonamides is 1. The van der Waals surface area contributed by atoms with Crippen LogP contribution in [0.1, 0.15) is 12.5 Å². The molecule has 0 aliphatic carbocycles. The molecule has 19 heavy (non-hydrogen) atoms. The molecule has 1 aromatic rings. The topological polar surface area (TPSA) is 71.5 Å². The predicted molar refractivity (Wildman–Crippen MR) is 73.3 cm³/mol. The highest BCUT2D eigenvalue weighted by atomic mass is 32.2. The molecule has 1 heterocycles. The minimum atomic E-state index is -3.57. The van der Waals surface area contributed by atoms with Crippen LogP contribution in [-0.4, -0.2) is 51.6 Å². The molecule has 0 amide bonds. The summed E-state index contributed by atoms with van der Waals surface area (Å²) in [6, 6.07) is 3.04. The second-order valence-corrected chi connectivity index (χ2v) is 6.31. The van der Waals surface area contributed by atoms with Gasteiger partial charge in [0, 0.05) is 32.9 Å². The van der Waals surface area contributed by atoms with Crippen LogP contribution in [-0.2, 0) is 21.3 Å². The van der Waals surface area contributed by atoms with Gasteiger partial charge in [-0.15, -0.1) is 0 Å². The van der Waals surface area contributed by atoms with Crippen molar-refractivity contribution in [2.24, 2.45) is 0 Å². The maximum Gasteiger partial charge on any atom is 0.260 e. The summed E-state index contributed by atoms with van der Waals surface area (Å²) in [5, 5.41) is 3.04. The minimum absolute atomic E-state index is 0.0535. The minimum Gasteiger partial charge on any atom is -0.383 e. The van der Waals surface area contributed by atoms with Crippen LogP contribution in [0.3, 0.4) is 0 Å². The first-order valence-corrected chi connectivity index (χ1v) is 7.44. The third kappa shape index (κ3) is 3.97. The highest BCUT2D eigenvalue weighted by molar-refractivity contribution is 7.89. The van der Waals surface area contributed by atoms with Crippen molar-refractivity contribution >= 4 is 10.0 Å². The zero-order chi connectivity index (χ0) is 14.5. The first-order chi connectivity index (χ1) is 8.93. The second kappa shape index (κ2) is 6.95. The van der Waals surface area contributed by atoms with Crippen molar-refractivity contribution in [2.75, 3.05) is 27.8 Å². The van der Waals surface area contributed by atoms with Crippen LogP contribution in [0.4, 0.5) is 0 Å². The molecule has 6 nitrogen and oxygen atoms in total. The highest BCUT2D eigenvalue weighted by Gasteiger charge is 2.26. The van der Waals surface area contributed by atoms with Crippen molar-refractivity contribution in [2.45, 2.75) is 24.5 Å². The van der Waals surface area contributed by atoms with Crippen LogP contribution in [0.15, 0.2) is 23.4 Å². The molecule has 1 N–H and O–H groups in total. The van der Waals surface area contributed by atoms with Crippen molar-refractivity contribution < 1.29 is 13.2 Å². The lowest BCUT2D eigenvalue weighted by atomic mass is 10.3. The van der Waals surface area contributed by atoms with E-state index in [0.29, 0.717) is 13.2 Å². The molecule has 0 bridgehead atoms. The van der Waals surface area contributed by atoms with Crippen molar-refractivity contribution in [3.05, 3.63) is 23.9 Å². The first kappa shape index (κ1) is 16.0. The molecule has 1 unspecified atom stereocenters. The van der Waals surface area contributed by atoms with E-state index in [1.54, 1.807) is 26.3 Å². The van der Waals surface area contributed by atoms with Crippen molar-refractivity contribution in [1.82, 2.24) is 14.6 Å². The van der Waals surface area contributed by atoms with E-state index in [4.69, 9.17) is 4.74 Å². The predicted octanol–water partition coefficient (Wildman–Crippen LogP) is 0.456. The summed E-state index contributed by atoms with van der Waals surface area (Å²) in [6.07, 6.45) is 1.57. The van der Waals surface area contributed by atoms with E-state index in [1.807, 2.05) is 7.05 Å². The molecule has 1 aromatic heterocycles. The van der Waals surface area contributed by atoms with Gasteiger partial charge >= 0.3 is 0 Å². The number of nitrogens with zero attached hydrogens (tertiary/aromatic N) is 2. The molecule has 0 aromatic carbocycles. The highest BCUT2D eigenvalue weighted by Crippen LogP contribution is 2.14. The molecule has 0 radical (unpaired) electrons. The maximum atomic E-state index is 12.3. The number of rotatable bonds is 7. The third-order valence-corrected chi connectivity index (χ3v) is 4.74. The fourth-order valence-electron chi connectivity index (χ4n) is 1.60. The van der Waals surface area contributed by atoms with E-state index < -0.39 is 10.0 Å². The van der Waals surface area contributed by atoms with Gasteiger partial charge in [-0.05, 0) is 25.6 Å². The molecular weight excluding hydrogens is 266 g/mol. The van der Waals surface area contributed by atoms with Gasteiger partial charge in [-0.3, -0.25) is 0 Å². The summed E-state index contributed by atoms with van der Waals surface area (Å²) >= 11 is 0. The van der Waals surface area contributed by atoms with Crippen LogP contribution in [0.2, 0.25) is 0 Å². The summed E-state index contributed by atoms with van der Waals surface area (Å²) in [5.41, 5.74) is 0.939. The van der Waals surface area contributed by atoms with Crippen LogP contribution < -0.4 is 5.32 Å². The molecule has 0 aliphatic heterocycles. The number of likely N-dealkylation sites (N-methyl/N-ethyl adjacent to an activating group) is 1. The number of aromatic nitrogens is 1. The quantitative estimate of drug-likeness (QED) is 0.788. The Morgan fingerprint density at radius 2 is 2.16 bits per heavy atom. The Bertz CT molecular complexity index is 487. The Hall–Kier alpha value is -1.02. The van der Waals surface area contributed by atoms with Gasteiger partial charge in [0.05, 0.1) is 6.61 Å². The van der Waals surface area contributed by atoms with Crippen LogP contribution in [0, 0.1) is 0 Å². The SMILES string of the molecule is CNCc1ccc(S(=O)(=O)N(C)C(C)COC)nc1. The summed E-state index contributed by atoms with van der Waals surface area (Å²) in [7, 11) is 1.33. The Kier molecular flexibility index (Phi) is 5.86. The zero-order valence-corrected chi connectivity index (χ0v) is 12.6. The van der Waals surface area contributed by atoms with Crippen LogP contribution in [0.25, 0.3) is 0 Å². The van der Waals surface area contributed by atoms with Crippen LogP contribution in [0.5, 0.6) is 0 Å². The number of hydrogen-bond acceptors (Lipinski definition) is 5. The molecule has 0 fully saturated rings. The number of ether oxygens (including phenoxy) is 1. The van der Waals surface area contributed by atoms with Crippen LogP contribution >= 0.6 is 0 Å². The number of nitrogens with one attached hydrogen (secondary N) is 1.